The number of hydrogen-bond acceptors (Lipinski definition) is 7. The predicted octanol–water partition coefficient (Wildman–Crippen LogP) is 1.60. The highest BCUT2D eigenvalue weighted by Crippen LogP contribution is 2.34. The molecule has 0 saturated carbocycles. The van der Waals surface area contributed by atoms with E-state index in [2.05, 4.69) is 15.0 Å². The second-order valence-electron chi connectivity index (χ2n) is 5.44. The second kappa shape index (κ2) is 6.23. The number of anilines is 2. The molecule has 0 spiro atoms. The molecular weight excluding hydrogens is 308 g/mol. The number of fused-ring (bicyclic) bond motifs is 1. The summed E-state index contributed by atoms with van der Waals surface area (Å²) in [7, 11) is 7.01. The van der Waals surface area contributed by atoms with Gasteiger partial charge in [0.05, 0.1) is 26.3 Å². The first kappa shape index (κ1) is 15.9. The van der Waals surface area contributed by atoms with Gasteiger partial charge >= 0.3 is 0 Å². The Morgan fingerprint density at radius 3 is 2.50 bits per heavy atom. The molecule has 1 aromatic carbocycles. The summed E-state index contributed by atoms with van der Waals surface area (Å²) in [5.41, 5.74) is 6.81. The standard InChI is InChI=1S/C16H20N6O2/c1-21-6-5-18-14(21)9-22(2)16-19-11-8-13(24-4)12(23-3)7-10(11)15(17)20-16/h5-8H,9H2,1-4H3,(H2,17,19,20). The number of hydrogen-bond donors (Lipinski definition) is 1. The van der Waals surface area contributed by atoms with Gasteiger partial charge in [-0.3, -0.25) is 0 Å². The third-order valence-corrected chi connectivity index (χ3v) is 3.86. The maximum Gasteiger partial charge on any atom is 0.228 e. The number of imidazole rings is 1. The Labute approximate surface area is 139 Å². The van der Waals surface area contributed by atoms with Gasteiger partial charge in [0.25, 0.3) is 0 Å². The molecule has 0 bridgehead atoms. The van der Waals surface area contributed by atoms with Crippen LogP contribution < -0.4 is 20.1 Å². The Morgan fingerprint density at radius 1 is 1.17 bits per heavy atom. The Hall–Kier alpha value is -3.03. The van der Waals surface area contributed by atoms with E-state index in [4.69, 9.17) is 15.2 Å². The fourth-order valence-corrected chi connectivity index (χ4v) is 2.47. The minimum atomic E-state index is 0.391. The third-order valence-electron chi connectivity index (χ3n) is 3.86. The normalized spacial score (nSPS) is 10.8. The van der Waals surface area contributed by atoms with Crippen molar-refractivity contribution < 1.29 is 9.47 Å². The smallest absolute Gasteiger partial charge is 0.228 e. The molecule has 2 heterocycles. The van der Waals surface area contributed by atoms with E-state index in [9.17, 15) is 0 Å². The molecule has 8 nitrogen and oxygen atoms in total. The Kier molecular flexibility index (Phi) is 4.11. The molecule has 0 unspecified atom stereocenters. The molecule has 0 fully saturated rings. The van der Waals surface area contributed by atoms with Gasteiger partial charge in [-0.05, 0) is 6.07 Å². The molecule has 0 aliphatic rings. The van der Waals surface area contributed by atoms with Gasteiger partial charge in [0.2, 0.25) is 5.95 Å². The number of aromatic nitrogens is 4. The molecule has 0 aliphatic carbocycles. The Balaban J connectivity index is 2.01. The molecule has 8 heteroatoms. The van der Waals surface area contributed by atoms with Gasteiger partial charge in [0, 0.05) is 37.9 Å². The number of rotatable bonds is 5. The van der Waals surface area contributed by atoms with Crippen LogP contribution in [0.1, 0.15) is 5.82 Å². The average molecular weight is 328 g/mol. The molecule has 24 heavy (non-hydrogen) atoms. The zero-order valence-electron chi connectivity index (χ0n) is 14.1. The van der Waals surface area contributed by atoms with Crippen molar-refractivity contribution in [3.05, 3.63) is 30.4 Å². The van der Waals surface area contributed by atoms with E-state index in [1.165, 1.54) is 0 Å². The Morgan fingerprint density at radius 2 is 1.88 bits per heavy atom. The summed E-state index contributed by atoms with van der Waals surface area (Å²) in [4.78, 5) is 15.2. The summed E-state index contributed by atoms with van der Waals surface area (Å²) >= 11 is 0. The second-order valence-corrected chi connectivity index (χ2v) is 5.44. The molecule has 0 radical (unpaired) electrons. The van der Waals surface area contributed by atoms with Crippen molar-refractivity contribution >= 4 is 22.7 Å². The highest BCUT2D eigenvalue weighted by Gasteiger charge is 2.14. The van der Waals surface area contributed by atoms with Crippen molar-refractivity contribution in [1.29, 1.82) is 0 Å². The van der Waals surface area contributed by atoms with E-state index in [1.807, 2.05) is 29.8 Å². The summed E-state index contributed by atoms with van der Waals surface area (Å²) in [6.07, 6.45) is 3.66. The molecular formula is C16H20N6O2. The summed E-state index contributed by atoms with van der Waals surface area (Å²) in [6.45, 7) is 0.571. The van der Waals surface area contributed by atoms with Crippen LogP contribution in [0.15, 0.2) is 24.5 Å². The lowest BCUT2D eigenvalue weighted by atomic mass is 10.2. The maximum absolute atomic E-state index is 6.12. The van der Waals surface area contributed by atoms with Gasteiger partial charge in [0.1, 0.15) is 11.6 Å². The van der Waals surface area contributed by atoms with Crippen LogP contribution in [0.25, 0.3) is 10.9 Å². The van der Waals surface area contributed by atoms with Gasteiger partial charge < -0.3 is 24.7 Å². The fourth-order valence-electron chi connectivity index (χ4n) is 2.47. The summed E-state index contributed by atoms with van der Waals surface area (Å²) < 4.78 is 12.6. The van der Waals surface area contributed by atoms with Gasteiger partial charge in [-0.15, -0.1) is 0 Å². The maximum atomic E-state index is 6.12. The van der Waals surface area contributed by atoms with Crippen LogP contribution in [0.4, 0.5) is 11.8 Å². The SMILES string of the molecule is COc1cc2nc(N(C)Cc3nccn3C)nc(N)c2cc1OC. The molecule has 2 aromatic heterocycles. The topological polar surface area (TPSA) is 91.3 Å². The lowest BCUT2D eigenvalue weighted by Gasteiger charge is -2.18. The molecule has 3 rings (SSSR count). The van der Waals surface area contributed by atoms with Crippen molar-refractivity contribution in [3.8, 4) is 11.5 Å². The number of methoxy groups -OCH3 is 2. The van der Waals surface area contributed by atoms with E-state index < -0.39 is 0 Å². The van der Waals surface area contributed by atoms with E-state index in [-0.39, 0.29) is 0 Å². The minimum Gasteiger partial charge on any atom is -0.493 e. The molecule has 0 amide bonds. The van der Waals surface area contributed by atoms with Gasteiger partial charge in [-0.1, -0.05) is 0 Å². The van der Waals surface area contributed by atoms with Crippen molar-refractivity contribution in [1.82, 2.24) is 19.5 Å². The van der Waals surface area contributed by atoms with Crippen molar-refractivity contribution in [2.45, 2.75) is 6.54 Å². The minimum absolute atomic E-state index is 0.391. The van der Waals surface area contributed by atoms with Gasteiger partial charge in [-0.2, -0.15) is 4.98 Å². The van der Waals surface area contributed by atoms with Crippen LogP contribution in [0.2, 0.25) is 0 Å². The first-order valence-electron chi connectivity index (χ1n) is 7.40. The number of nitrogens with zero attached hydrogens (tertiary/aromatic N) is 5. The highest BCUT2D eigenvalue weighted by molar-refractivity contribution is 5.91. The zero-order chi connectivity index (χ0) is 17.3. The number of benzene rings is 1. The van der Waals surface area contributed by atoms with Crippen LogP contribution in [0.3, 0.4) is 0 Å². The summed E-state index contributed by atoms with van der Waals surface area (Å²) in [5.74, 6) is 3.01. The molecule has 0 saturated heterocycles. The monoisotopic (exact) mass is 328 g/mol. The number of nitrogen functional groups attached to an aromatic ring is 1. The van der Waals surface area contributed by atoms with E-state index >= 15 is 0 Å². The first-order valence-corrected chi connectivity index (χ1v) is 7.40. The molecule has 2 N–H and O–H groups in total. The van der Waals surface area contributed by atoms with E-state index in [0.29, 0.717) is 35.3 Å². The van der Waals surface area contributed by atoms with Crippen LogP contribution >= 0.6 is 0 Å². The highest BCUT2D eigenvalue weighted by atomic mass is 16.5. The predicted molar refractivity (Wildman–Crippen MR) is 92.4 cm³/mol. The summed E-state index contributed by atoms with van der Waals surface area (Å²) in [5, 5.41) is 0.724. The molecule has 0 aliphatic heterocycles. The summed E-state index contributed by atoms with van der Waals surface area (Å²) in [6, 6.07) is 3.58. The first-order chi connectivity index (χ1) is 11.5. The van der Waals surface area contributed by atoms with Crippen LogP contribution in [-0.4, -0.2) is 40.8 Å². The lowest BCUT2D eigenvalue weighted by Crippen LogP contribution is -2.21. The Bertz CT molecular complexity index is 876. The van der Waals surface area contributed by atoms with Gasteiger partial charge in [-0.25, -0.2) is 9.97 Å². The lowest BCUT2D eigenvalue weighted by molar-refractivity contribution is 0.356. The number of ether oxygens (including phenoxy) is 2. The van der Waals surface area contributed by atoms with Gasteiger partial charge in [0.15, 0.2) is 11.5 Å². The fraction of sp³-hybridized carbons (Fsp3) is 0.312. The van der Waals surface area contributed by atoms with Crippen molar-refractivity contribution in [2.24, 2.45) is 7.05 Å². The zero-order valence-corrected chi connectivity index (χ0v) is 14.1. The van der Waals surface area contributed by atoms with Crippen molar-refractivity contribution in [2.75, 3.05) is 31.9 Å². The van der Waals surface area contributed by atoms with Crippen LogP contribution in [0, 0.1) is 0 Å². The van der Waals surface area contributed by atoms with Crippen molar-refractivity contribution in [3.63, 3.8) is 0 Å². The molecule has 3 aromatic rings. The molecule has 126 valence electrons. The quantitative estimate of drug-likeness (QED) is 0.760. The molecule has 0 atom stereocenters. The van der Waals surface area contributed by atoms with Crippen LogP contribution in [-0.2, 0) is 13.6 Å². The number of nitrogens with two attached hydrogens (primary N) is 1. The van der Waals surface area contributed by atoms with E-state index in [0.717, 1.165) is 11.2 Å². The largest absolute Gasteiger partial charge is 0.493 e. The third kappa shape index (κ3) is 2.78. The number of aryl methyl sites for hydroxylation is 1. The van der Waals surface area contributed by atoms with Crippen LogP contribution in [0.5, 0.6) is 11.5 Å². The average Bonchev–Trinajstić information content (AvgIpc) is 2.98. The van der Waals surface area contributed by atoms with E-state index in [1.54, 1.807) is 32.5 Å².